The molecular weight excluding hydrogens is 198 g/mol. The van der Waals surface area contributed by atoms with Crippen LogP contribution in [0.2, 0.25) is 0 Å². The first-order valence-electron chi connectivity index (χ1n) is 6.84. The molecule has 1 fully saturated rings. The fourth-order valence-electron chi connectivity index (χ4n) is 3.24. The lowest BCUT2D eigenvalue weighted by molar-refractivity contribution is 0.121. The lowest BCUT2D eigenvalue weighted by Crippen LogP contribution is -2.43. The van der Waals surface area contributed by atoms with Gasteiger partial charge in [0.15, 0.2) is 0 Å². The summed E-state index contributed by atoms with van der Waals surface area (Å²) in [5.74, 6) is 0.810. The third kappa shape index (κ3) is 4.84. The Labute approximate surface area is 101 Å². The van der Waals surface area contributed by atoms with Crippen molar-refractivity contribution in [1.29, 1.82) is 0 Å². The molecule has 1 rings (SSSR count). The maximum Gasteiger partial charge on any atom is 0.0664 e. The van der Waals surface area contributed by atoms with Gasteiger partial charge in [0.05, 0.1) is 6.10 Å². The Hall–Kier alpha value is -0.0800. The molecule has 96 valence electrons. The first-order chi connectivity index (χ1) is 7.43. The van der Waals surface area contributed by atoms with Crippen LogP contribution in [0.5, 0.6) is 0 Å². The normalized spacial score (nSPS) is 31.3. The first kappa shape index (κ1) is 14.0. The summed E-state index contributed by atoms with van der Waals surface area (Å²) in [4.78, 5) is 0. The van der Waals surface area contributed by atoms with Crippen LogP contribution in [0.25, 0.3) is 0 Å². The molecule has 0 aliphatic heterocycles. The highest BCUT2D eigenvalue weighted by Crippen LogP contribution is 2.38. The van der Waals surface area contributed by atoms with E-state index in [9.17, 15) is 5.11 Å². The third-order valence-electron chi connectivity index (χ3n) is 3.65. The lowest BCUT2D eigenvalue weighted by atomic mass is 9.70. The van der Waals surface area contributed by atoms with Crippen molar-refractivity contribution in [2.75, 3.05) is 6.54 Å². The Morgan fingerprint density at radius 3 is 2.62 bits per heavy atom. The number of hydrogen-bond acceptors (Lipinski definition) is 2. The highest BCUT2D eigenvalue weighted by Gasteiger charge is 2.31. The molecule has 2 heteroatoms. The first-order valence-corrected chi connectivity index (χ1v) is 6.84. The molecule has 3 atom stereocenters. The molecule has 0 aromatic carbocycles. The van der Waals surface area contributed by atoms with Crippen LogP contribution in [-0.4, -0.2) is 23.8 Å². The van der Waals surface area contributed by atoms with Crippen molar-refractivity contribution in [2.45, 2.75) is 71.9 Å². The fourth-order valence-corrected chi connectivity index (χ4v) is 3.24. The summed E-state index contributed by atoms with van der Waals surface area (Å²) >= 11 is 0. The van der Waals surface area contributed by atoms with Crippen molar-refractivity contribution in [3.05, 3.63) is 0 Å². The second-order valence-corrected chi connectivity index (χ2v) is 6.46. The largest absolute Gasteiger partial charge is 0.392 e. The average Bonchev–Trinajstić information content (AvgIpc) is 2.12. The molecule has 1 saturated carbocycles. The molecule has 16 heavy (non-hydrogen) atoms. The molecule has 2 nitrogen and oxygen atoms in total. The molecule has 0 radical (unpaired) electrons. The summed E-state index contributed by atoms with van der Waals surface area (Å²) in [6.07, 6.45) is 5.67. The van der Waals surface area contributed by atoms with Gasteiger partial charge in [0.2, 0.25) is 0 Å². The van der Waals surface area contributed by atoms with Gasteiger partial charge in [-0.2, -0.15) is 0 Å². The van der Waals surface area contributed by atoms with E-state index in [4.69, 9.17) is 0 Å². The van der Waals surface area contributed by atoms with Crippen LogP contribution in [0.1, 0.15) is 59.8 Å². The number of aliphatic hydroxyl groups is 1. The minimum absolute atomic E-state index is 0.162. The zero-order chi connectivity index (χ0) is 12.2. The minimum atomic E-state index is -0.162. The molecule has 3 unspecified atom stereocenters. The van der Waals surface area contributed by atoms with E-state index in [1.807, 2.05) is 0 Å². The molecule has 2 N–H and O–H groups in total. The van der Waals surface area contributed by atoms with Gasteiger partial charge in [-0.1, -0.05) is 34.1 Å². The van der Waals surface area contributed by atoms with Crippen LogP contribution in [0.15, 0.2) is 0 Å². The summed E-state index contributed by atoms with van der Waals surface area (Å²) in [6.45, 7) is 9.95. The maximum absolute atomic E-state index is 9.71. The summed E-state index contributed by atoms with van der Waals surface area (Å²) in [7, 11) is 0. The number of rotatable bonds is 5. The van der Waals surface area contributed by atoms with E-state index in [0.29, 0.717) is 11.5 Å². The smallest absolute Gasteiger partial charge is 0.0664 e. The Morgan fingerprint density at radius 2 is 2.06 bits per heavy atom. The minimum Gasteiger partial charge on any atom is -0.392 e. The monoisotopic (exact) mass is 227 g/mol. The predicted octanol–water partition coefficient (Wildman–Crippen LogP) is 2.95. The van der Waals surface area contributed by atoms with E-state index in [1.54, 1.807) is 0 Å². The summed E-state index contributed by atoms with van der Waals surface area (Å²) in [5.41, 5.74) is 0.463. The van der Waals surface area contributed by atoms with Crippen molar-refractivity contribution < 1.29 is 5.11 Å². The Balaban J connectivity index is 2.31. The van der Waals surface area contributed by atoms with Gasteiger partial charge in [0.25, 0.3) is 0 Å². The SMILES string of the molecule is CCCC(O)CNC1CC(C)CC(C)(C)C1. The number of nitrogens with one attached hydrogen (secondary N) is 1. The predicted molar refractivity (Wildman–Crippen MR) is 69.5 cm³/mol. The average molecular weight is 227 g/mol. The number of aliphatic hydroxyl groups excluding tert-OH is 1. The van der Waals surface area contributed by atoms with Crippen LogP contribution < -0.4 is 5.32 Å². The standard InChI is InChI=1S/C14H29NO/c1-5-6-13(16)10-15-12-7-11(2)8-14(3,4)9-12/h11-13,15-16H,5-10H2,1-4H3. The van der Waals surface area contributed by atoms with Gasteiger partial charge in [-0.15, -0.1) is 0 Å². The van der Waals surface area contributed by atoms with Gasteiger partial charge < -0.3 is 10.4 Å². The van der Waals surface area contributed by atoms with E-state index in [1.165, 1.54) is 19.3 Å². The molecule has 0 amide bonds. The van der Waals surface area contributed by atoms with Crippen molar-refractivity contribution in [1.82, 2.24) is 5.32 Å². The number of hydrogen-bond donors (Lipinski definition) is 2. The second kappa shape index (κ2) is 6.02. The third-order valence-corrected chi connectivity index (χ3v) is 3.65. The Bertz CT molecular complexity index is 203. The zero-order valence-corrected chi connectivity index (χ0v) is 11.4. The topological polar surface area (TPSA) is 32.3 Å². The second-order valence-electron chi connectivity index (χ2n) is 6.46. The molecular formula is C14H29NO. The molecule has 1 aliphatic rings. The van der Waals surface area contributed by atoms with E-state index in [2.05, 4.69) is 33.0 Å². The fraction of sp³-hybridized carbons (Fsp3) is 1.00. The molecule has 0 aromatic heterocycles. The highest BCUT2D eigenvalue weighted by molar-refractivity contribution is 4.86. The maximum atomic E-state index is 9.71. The van der Waals surface area contributed by atoms with Gasteiger partial charge in [-0.25, -0.2) is 0 Å². The molecule has 0 heterocycles. The summed E-state index contributed by atoms with van der Waals surface area (Å²) in [5, 5.41) is 13.3. The Kier molecular flexibility index (Phi) is 5.26. The van der Waals surface area contributed by atoms with E-state index in [0.717, 1.165) is 25.3 Å². The van der Waals surface area contributed by atoms with Gasteiger partial charge in [-0.3, -0.25) is 0 Å². The van der Waals surface area contributed by atoms with Gasteiger partial charge in [-0.05, 0) is 37.0 Å². The quantitative estimate of drug-likeness (QED) is 0.757. The molecule has 0 saturated heterocycles. The van der Waals surface area contributed by atoms with Crippen molar-refractivity contribution >= 4 is 0 Å². The van der Waals surface area contributed by atoms with Crippen LogP contribution in [-0.2, 0) is 0 Å². The summed E-state index contributed by atoms with van der Waals surface area (Å²) in [6, 6.07) is 0.602. The lowest BCUT2D eigenvalue weighted by Gasteiger charge is -2.39. The molecule has 0 bridgehead atoms. The van der Waals surface area contributed by atoms with Crippen molar-refractivity contribution in [3.63, 3.8) is 0 Å². The van der Waals surface area contributed by atoms with Crippen LogP contribution in [0.4, 0.5) is 0 Å². The highest BCUT2D eigenvalue weighted by atomic mass is 16.3. The van der Waals surface area contributed by atoms with E-state index < -0.39 is 0 Å². The van der Waals surface area contributed by atoms with Crippen LogP contribution in [0.3, 0.4) is 0 Å². The molecule has 1 aliphatic carbocycles. The van der Waals surface area contributed by atoms with Crippen LogP contribution in [0, 0.1) is 11.3 Å². The van der Waals surface area contributed by atoms with Gasteiger partial charge in [0.1, 0.15) is 0 Å². The van der Waals surface area contributed by atoms with Crippen molar-refractivity contribution in [2.24, 2.45) is 11.3 Å². The molecule has 0 aromatic rings. The van der Waals surface area contributed by atoms with E-state index >= 15 is 0 Å². The van der Waals surface area contributed by atoms with Gasteiger partial charge >= 0.3 is 0 Å². The van der Waals surface area contributed by atoms with E-state index in [-0.39, 0.29) is 6.10 Å². The van der Waals surface area contributed by atoms with Crippen molar-refractivity contribution in [3.8, 4) is 0 Å². The molecule has 0 spiro atoms. The van der Waals surface area contributed by atoms with Crippen LogP contribution >= 0.6 is 0 Å². The van der Waals surface area contributed by atoms with Gasteiger partial charge in [0, 0.05) is 12.6 Å². The zero-order valence-electron chi connectivity index (χ0n) is 11.4. The Morgan fingerprint density at radius 1 is 1.38 bits per heavy atom. The summed E-state index contributed by atoms with van der Waals surface area (Å²) < 4.78 is 0.